The minimum Gasteiger partial charge on any atom is -0.468 e. The van der Waals surface area contributed by atoms with E-state index in [1.54, 1.807) is 0 Å². The van der Waals surface area contributed by atoms with Crippen LogP contribution in [-0.2, 0) is 13.1 Å². The minimum absolute atomic E-state index is 0.945. The molecule has 0 amide bonds. The molecule has 0 aliphatic heterocycles. The fourth-order valence-electron chi connectivity index (χ4n) is 2.80. The number of nitrogens with one attached hydrogen (secondary N) is 1. The van der Waals surface area contributed by atoms with E-state index in [1.165, 1.54) is 56.5 Å². The number of rotatable bonds is 10. The lowest BCUT2D eigenvalue weighted by Gasteiger charge is -2.21. The molecule has 20 heavy (non-hydrogen) atoms. The SMILES string of the molecule is CCCNCc1ccoc1CN(CC1CC1)CC1CC1. The van der Waals surface area contributed by atoms with Crippen LogP contribution in [0, 0.1) is 11.8 Å². The van der Waals surface area contributed by atoms with Crippen molar-refractivity contribution in [3.8, 4) is 0 Å². The second-order valence-electron chi connectivity index (χ2n) is 6.63. The highest BCUT2D eigenvalue weighted by molar-refractivity contribution is 5.17. The Kier molecular flexibility index (Phi) is 4.79. The van der Waals surface area contributed by atoms with E-state index >= 15 is 0 Å². The van der Waals surface area contributed by atoms with Crippen LogP contribution in [-0.4, -0.2) is 24.5 Å². The highest BCUT2D eigenvalue weighted by Crippen LogP contribution is 2.34. The quantitative estimate of drug-likeness (QED) is 0.664. The number of hydrogen-bond acceptors (Lipinski definition) is 3. The molecule has 1 aromatic heterocycles. The topological polar surface area (TPSA) is 28.4 Å². The van der Waals surface area contributed by atoms with Gasteiger partial charge in [-0.1, -0.05) is 6.92 Å². The zero-order valence-corrected chi connectivity index (χ0v) is 12.7. The van der Waals surface area contributed by atoms with E-state index in [2.05, 4.69) is 23.2 Å². The van der Waals surface area contributed by atoms with Crippen LogP contribution in [0.15, 0.2) is 16.7 Å². The normalized spacial score (nSPS) is 18.9. The van der Waals surface area contributed by atoms with Gasteiger partial charge < -0.3 is 9.73 Å². The summed E-state index contributed by atoms with van der Waals surface area (Å²) in [6.45, 7) is 7.79. The minimum atomic E-state index is 0.945. The maximum Gasteiger partial charge on any atom is 0.122 e. The van der Waals surface area contributed by atoms with Crippen molar-refractivity contribution in [3.63, 3.8) is 0 Å². The predicted octanol–water partition coefficient (Wildman–Crippen LogP) is 3.40. The lowest BCUT2D eigenvalue weighted by Crippen LogP contribution is -2.28. The average Bonchev–Trinajstić information content (AvgIpc) is 3.34. The first-order valence-corrected chi connectivity index (χ1v) is 8.33. The molecule has 0 bridgehead atoms. The molecule has 1 N–H and O–H groups in total. The molecule has 2 aliphatic rings. The van der Waals surface area contributed by atoms with Gasteiger partial charge in [-0.25, -0.2) is 0 Å². The fraction of sp³-hybridized carbons (Fsp3) is 0.765. The van der Waals surface area contributed by atoms with E-state index < -0.39 is 0 Å². The molecule has 3 heteroatoms. The van der Waals surface area contributed by atoms with Crippen molar-refractivity contribution in [1.82, 2.24) is 10.2 Å². The van der Waals surface area contributed by atoms with Crippen molar-refractivity contribution in [3.05, 3.63) is 23.7 Å². The highest BCUT2D eigenvalue weighted by Gasteiger charge is 2.29. The van der Waals surface area contributed by atoms with Gasteiger partial charge in [-0.15, -0.1) is 0 Å². The Morgan fingerprint density at radius 2 is 1.90 bits per heavy atom. The van der Waals surface area contributed by atoms with Gasteiger partial charge in [0.15, 0.2) is 0 Å². The molecular weight excluding hydrogens is 248 g/mol. The molecule has 3 rings (SSSR count). The van der Waals surface area contributed by atoms with Crippen LogP contribution in [0.2, 0.25) is 0 Å². The molecule has 112 valence electrons. The van der Waals surface area contributed by atoms with Gasteiger partial charge in [0.1, 0.15) is 5.76 Å². The molecule has 2 fully saturated rings. The summed E-state index contributed by atoms with van der Waals surface area (Å²) in [6.07, 6.45) is 8.77. The molecular formula is C17H28N2O. The second kappa shape index (κ2) is 6.77. The van der Waals surface area contributed by atoms with Crippen LogP contribution in [0.3, 0.4) is 0 Å². The van der Waals surface area contributed by atoms with Crippen LogP contribution < -0.4 is 5.32 Å². The molecule has 3 nitrogen and oxygen atoms in total. The summed E-state index contributed by atoms with van der Waals surface area (Å²) in [5.41, 5.74) is 1.34. The van der Waals surface area contributed by atoms with Crippen LogP contribution >= 0.6 is 0 Å². The van der Waals surface area contributed by atoms with Gasteiger partial charge >= 0.3 is 0 Å². The van der Waals surface area contributed by atoms with E-state index in [-0.39, 0.29) is 0 Å². The summed E-state index contributed by atoms with van der Waals surface area (Å²) in [6, 6.07) is 2.13. The third-order valence-corrected chi connectivity index (χ3v) is 4.37. The summed E-state index contributed by atoms with van der Waals surface area (Å²) >= 11 is 0. The Morgan fingerprint density at radius 1 is 1.20 bits per heavy atom. The molecule has 0 atom stereocenters. The van der Waals surface area contributed by atoms with Crippen LogP contribution in [0.25, 0.3) is 0 Å². The van der Waals surface area contributed by atoms with Gasteiger partial charge in [0.05, 0.1) is 12.8 Å². The maximum absolute atomic E-state index is 5.75. The highest BCUT2D eigenvalue weighted by atomic mass is 16.3. The van der Waals surface area contributed by atoms with E-state index in [1.807, 2.05) is 6.26 Å². The number of hydrogen-bond donors (Lipinski definition) is 1. The van der Waals surface area contributed by atoms with Crippen LogP contribution in [0.1, 0.15) is 50.4 Å². The smallest absolute Gasteiger partial charge is 0.122 e. The standard InChI is InChI=1S/C17H28N2O/c1-2-8-18-10-16-7-9-20-17(16)13-19(11-14-3-4-14)12-15-5-6-15/h7,9,14-15,18H,2-6,8,10-13H2,1H3. The monoisotopic (exact) mass is 276 g/mol. The Labute approximate surface area is 122 Å². The van der Waals surface area contributed by atoms with Crippen molar-refractivity contribution in [2.75, 3.05) is 19.6 Å². The fourth-order valence-corrected chi connectivity index (χ4v) is 2.80. The first-order valence-electron chi connectivity index (χ1n) is 8.33. The molecule has 0 aromatic carbocycles. The van der Waals surface area contributed by atoms with E-state index in [0.29, 0.717) is 0 Å². The van der Waals surface area contributed by atoms with Crippen LogP contribution in [0.5, 0.6) is 0 Å². The third kappa shape index (κ3) is 4.35. The first-order chi connectivity index (χ1) is 9.85. The molecule has 0 radical (unpaired) electrons. The van der Waals surface area contributed by atoms with Gasteiger partial charge in [-0.3, -0.25) is 4.90 Å². The summed E-state index contributed by atoms with van der Waals surface area (Å²) in [7, 11) is 0. The van der Waals surface area contributed by atoms with Gasteiger partial charge in [0.2, 0.25) is 0 Å². The van der Waals surface area contributed by atoms with Gasteiger partial charge in [0.25, 0.3) is 0 Å². The molecule has 1 heterocycles. The average molecular weight is 276 g/mol. The van der Waals surface area contributed by atoms with Gasteiger partial charge in [-0.05, 0) is 56.6 Å². The van der Waals surface area contributed by atoms with E-state index in [4.69, 9.17) is 4.42 Å². The van der Waals surface area contributed by atoms with Crippen LogP contribution in [0.4, 0.5) is 0 Å². The zero-order chi connectivity index (χ0) is 13.8. The summed E-state index contributed by atoms with van der Waals surface area (Å²) < 4.78 is 5.75. The first kappa shape index (κ1) is 14.2. The number of furan rings is 1. The molecule has 2 aliphatic carbocycles. The Bertz CT molecular complexity index is 393. The summed E-state index contributed by atoms with van der Waals surface area (Å²) in [5, 5.41) is 3.48. The molecule has 1 aromatic rings. The van der Waals surface area contributed by atoms with Gasteiger partial charge in [0, 0.05) is 25.2 Å². The Hall–Kier alpha value is -0.800. The zero-order valence-electron chi connectivity index (χ0n) is 12.7. The molecule has 2 saturated carbocycles. The third-order valence-electron chi connectivity index (χ3n) is 4.37. The predicted molar refractivity (Wildman–Crippen MR) is 81.4 cm³/mol. The largest absolute Gasteiger partial charge is 0.468 e. The van der Waals surface area contributed by atoms with Crippen molar-refractivity contribution in [2.24, 2.45) is 11.8 Å². The molecule has 0 saturated heterocycles. The summed E-state index contributed by atoms with van der Waals surface area (Å²) in [4.78, 5) is 2.64. The lowest BCUT2D eigenvalue weighted by atomic mass is 10.2. The van der Waals surface area contributed by atoms with Crippen molar-refractivity contribution in [1.29, 1.82) is 0 Å². The van der Waals surface area contributed by atoms with Crippen molar-refractivity contribution < 1.29 is 4.42 Å². The molecule has 0 unspecified atom stereocenters. The maximum atomic E-state index is 5.75. The van der Waals surface area contributed by atoms with E-state index in [9.17, 15) is 0 Å². The lowest BCUT2D eigenvalue weighted by molar-refractivity contribution is 0.224. The van der Waals surface area contributed by atoms with E-state index in [0.717, 1.165) is 31.5 Å². The Balaban J connectivity index is 1.54. The Morgan fingerprint density at radius 3 is 2.50 bits per heavy atom. The van der Waals surface area contributed by atoms with Crippen molar-refractivity contribution >= 4 is 0 Å². The second-order valence-corrected chi connectivity index (χ2v) is 6.63. The van der Waals surface area contributed by atoms with Gasteiger partial charge in [-0.2, -0.15) is 0 Å². The number of nitrogens with zero attached hydrogens (tertiary/aromatic N) is 1. The van der Waals surface area contributed by atoms with Crippen molar-refractivity contribution in [2.45, 2.75) is 52.1 Å². The molecule has 0 spiro atoms. The summed E-state index contributed by atoms with van der Waals surface area (Å²) in [5.74, 6) is 3.10.